The molecular formula is C19H26FNOS. The topological polar surface area (TPSA) is 21.6 Å². The zero-order valence-electron chi connectivity index (χ0n) is 13.9. The highest BCUT2D eigenvalue weighted by Gasteiger charge is 2.23. The number of isothiocyanates is 1. The van der Waals surface area contributed by atoms with Crippen LogP contribution in [0, 0.1) is 5.82 Å². The van der Waals surface area contributed by atoms with Crippen LogP contribution in [0.15, 0.2) is 23.2 Å². The first-order chi connectivity index (χ1) is 11.2. The number of ether oxygens (including phenoxy) is 1. The van der Waals surface area contributed by atoms with Crippen LogP contribution in [0.3, 0.4) is 0 Å². The first-order valence-electron chi connectivity index (χ1n) is 8.73. The zero-order valence-corrected chi connectivity index (χ0v) is 14.7. The molecule has 1 fully saturated rings. The third-order valence-corrected chi connectivity index (χ3v) is 4.73. The maximum atomic E-state index is 13.9. The zero-order chi connectivity index (χ0) is 16.5. The fraction of sp³-hybridized carbons (Fsp3) is 0.632. The van der Waals surface area contributed by atoms with E-state index in [0.29, 0.717) is 12.0 Å². The quantitative estimate of drug-likeness (QED) is 0.321. The van der Waals surface area contributed by atoms with Gasteiger partial charge in [-0.3, -0.25) is 0 Å². The lowest BCUT2D eigenvalue weighted by Gasteiger charge is -2.29. The van der Waals surface area contributed by atoms with Gasteiger partial charge in [0, 0.05) is 6.61 Å². The SMILES string of the molecule is CCCCCCOC1CCC(c2ccc(N=C=S)c(F)c2)CC1. The Morgan fingerprint density at radius 1 is 1.22 bits per heavy atom. The number of nitrogens with zero attached hydrogens (tertiary/aromatic N) is 1. The van der Waals surface area contributed by atoms with E-state index in [0.717, 1.165) is 37.9 Å². The van der Waals surface area contributed by atoms with Crippen LogP contribution in [0.2, 0.25) is 0 Å². The average Bonchev–Trinajstić information content (AvgIpc) is 2.57. The minimum Gasteiger partial charge on any atom is -0.378 e. The Labute approximate surface area is 144 Å². The van der Waals surface area contributed by atoms with E-state index in [2.05, 4.69) is 29.3 Å². The number of thiocarbonyl (C=S) groups is 1. The summed E-state index contributed by atoms with van der Waals surface area (Å²) in [7, 11) is 0. The molecule has 1 aromatic carbocycles. The van der Waals surface area contributed by atoms with Gasteiger partial charge >= 0.3 is 0 Å². The number of hydrogen-bond donors (Lipinski definition) is 0. The molecule has 0 unspecified atom stereocenters. The second kappa shape index (κ2) is 9.92. The van der Waals surface area contributed by atoms with E-state index >= 15 is 0 Å². The molecule has 0 amide bonds. The van der Waals surface area contributed by atoms with Crippen LogP contribution in [-0.4, -0.2) is 17.9 Å². The molecule has 0 aliphatic heterocycles. The van der Waals surface area contributed by atoms with E-state index in [9.17, 15) is 4.39 Å². The van der Waals surface area contributed by atoms with Crippen molar-refractivity contribution in [2.45, 2.75) is 70.3 Å². The summed E-state index contributed by atoms with van der Waals surface area (Å²) in [6.07, 6.45) is 9.64. The van der Waals surface area contributed by atoms with E-state index in [1.807, 2.05) is 6.07 Å². The van der Waals surface area contributed by atoms with Gasteiger partial charge in [0.2, 0.25) is 0 Å². The summed E-state index contributed by atoms with van der Waals surface area (Å²) < 4.78 is 19.9. The predicted molar refractivity (Wildman–Crippen MR) is 96.2 cm³/mol. The monoisotopic (exact) mass is 335 g/mol. The van der Waals surface area contributed by atoms with Crippen molar-refractivity contribution in [1.29, 1.82) is 0 Å². The lowest BCUT2D eigenvalue weighted by Crippen LogP contribution is -2.21. The van der Waals surface area contributed by atoms with E-state index in [4.69, 9.17) is 4.74 Å². The molecule has 0 aromatic heterocycles. The Bertz CT molecular complexity index is 534. The second-order valence-corrected chi connectivity index (χ2v) is 6.50. The van der Waals surface area contributed by atoms with Crippen LogP contribution in [0.1, 0.15) is 69.8 Å². The Kier molecular flexibility index (Phi) is 7.87. The number of benzene rings is 1. The maximum absolute atomic E-state index is 13.9. The van der Waals surface area contributed by atoms with Crippen LogP contribution in [0.5, 0.6) is 0 Å². The van der Waals surface area contributed by atoms with Crippen molar-refractivity contribution in [2.24, 2.45) is 4.99 Å². The summed E-state index contributed by atoms with van der Waals surface area (Å²) in [5, 5.41) is 2.21. The molecule has 0 radical (unpaired) electrons. The molecule has 126 valence electrons. The minimum absolute atomic E-state index is 0.271. The molecule has 2 nitrogen and oxygen atoms in total. The Morgan fingerprint density at radius 2 is 2.00 bits per heavy atom. The molecule has 0 spiro atoms. The Hall–Kier alpha value is -1.09. The summed E-state index contributed by atoms with van der Waals surface area (Å²) in [5.41, 5.74) is 1.33. The van der Waals surface area contributed by atoms with Gasteiger partial charge in [-0.2, -0.15) is 4.99 Å². The third kappa shape index (κ3) is 5.80. The van der Waals surface area contributed by atoms with Gasteiger partial charge in [0.05, 0.1) is 11.3 Å². The van der Waals surface area contributed by atoms with Crippen molar-refractivity contribution in [1.82, 2.24) is 0 Å². The molecule has 0 saturated heterocycles. The lowest BCUT2D eigenvalue weighted by molar-refractivity contribution is 0.0226. The first kappa shape index (κ1) is 18.3. The normalized spacial score (nSPS) is 21.0. The van der Waals surface area contributed by atoms with E-state index in [-0.39, 0.29) is 11.5 Å². The molecule has 1 aromatic rings. The number of rotatable bonds is 8. The molecule has 2 rings (SSSR count). The van der Waals surface area contributed by atoms with Crippen molar-refractivity contribution >= 4 is 23.1 Å². The van der Waals surface area contributed by atoms with Crippen molar-refractivity contribution in [3.63, 3.8) is 0 Å². The average molecular weight is 335 g/mol. The number of aliphatic imine (C=N–C) groups is 1. The van der Waals surface area contributed by atoms with E-state index < -0.39 is 0 Å². The molecule has 1 aliphatic carbocycles. The van der Waals surface area contributed by atoms with Crippen LogP contribution in [0.4, 0.5) is 10.1 Å². The number of hydrogen-bond acceptors (Lipinski definition) is 3. The highest BCUT2D eigenvalue weighted by atomic mass is 32.1. The molecule has 4 heteroatoms. The molecule has 0 atom stereocenters. The largest absolute Gasteiger partial charge is 0.378 e. The molecule has 0 bridgehead atoms. The van der Waals surface area contributed by atoms with Crippen molar-refractivity contribution in [3.8, 4) is 0 Å². The van der Waals surface area contributed by atoms with Gasteiger partial charge in [0.15, 0.2) is 0 Å². The van der Waals surface area contributed by atoms with Crippen LogP contribution >= 0.6 is 12.2 Å². The van der Waals surface area contributed by atoms with E-state index in [1.54, 1.807) is 12.1 Å². The summed E-state index contributed by atoms with van der Waals surface area (Å²) in [4.78, 5) is 3.73. The number of unbranched alkanes of at least 4 members (excludes halogenated alkanes) is 3. The molecule has 0 heterocycles. The fourth-order valence-corrected chi connectivity index (χ4v) is 3.36. The Balaban J connectivity index is 1.78. The molecule has 0 N–H and O–H groups in total. The predicted octanol–water partition coefficient (Wildman–Crippen LogP) is 6.18. The summed E-state index contributed by atoms with van der Waals surface area (Å²) in [6.45, 7) is 3.10. The molecular weight excluding hydrogens is 309 g/mol. The van der Waals surface area contributed by atoms with Gasteiger partial charge in [0.25, 0.3) is 0 Å². The molecule has 1 saturated carbocycles. The van der Waals surface area contributed by atoms with Gasteiger partial charge < -0.3 is 4.74 Å². The summed E-state index contributed by atoms with van der Waals surface area (Å²) in [5.74, 6) is 0.115. The van der Waals surface area contributed by atoms with Gasteiger partial charge in [0.1, 0.15) is 11.5 Å². The highest BCUT2D eigenvalue weighted by molar-refractivity contribution is 7.78. The number of halogens is 1. The summed E-state index contributed by atoms with van der Waals surface area (Å²) in [6, 6.07) is 5.26. The van der Waals surface area contributed by atoms with Crippen LogP contribution in [-0.2, 0) is 4.74 Å². The Morgan fingerprint density at radius 3 is 2.65 bits per heavy atom. The van der Waals surface area contributed by atoms with Crippen LogP contribution < -0.4 is 0 Å². The van der Waals surface area contributed by atoms with Crippen LogP contribution in [0.25, 0.3) is 0 Å². The summed E-state index contributed by atoms with van der Waals surface area (Å²) >= 11 is 4.53. The van der Waals surface area contributed by atoms with E-state index in [1.165, 1.54) is 25.7 Å². The molecule has 23 heavy (non-hydrogen) atoms. The van der Waals surface area contributed by atoms with Gasteiger partial charge in [-0.15, -0.1) is 0 Å². The second-order valence-electron chi connectivity index (χ2n) is 6.32. The maximum Gasteiger partial charge on any atom is 0.149 e. The smallest absolute Gasteiger partial charge is 0.149 e. The van der Waals surface area contributed by atoms with Gasteiger partial charge in [-0.05, 0) is 67.9 Å². The third-order valence-electron chi connectivity index (χ3n) is 4.63. The fourth-order valence-electron chi connectivity index (χ4n) is 3.26. The van der Waals surface area contributed by atoms with Crippen molar-refractivity contribution in [2.75, 3.05) is 6.61 Å². The van der Waals surface area contributed by atoms with Gasteiger partial charge in [-0.25, -0.2) is 4.39 Å². The van der Waals surface area contributed by atoms with Crippen molar-refractivity contribution < 1.29 is 9.13 Å². The van der Waals surface area contributed by atoms with Gasteiger partial charge in [-0.1, -0.05) is 32.3 Å². The minimum atomic E-state index is -0.311. The highest BCUT2D eigenvalue weighted by Crippen LogP contribution is 2.35. The van der Waals surface area contributed by atoms with Crippen molar-refractivity contribution in [3.05, 3.63) is 29.6 Å². The standard InChI is InChI=1S/C19H26FNOS/c1-2-3-4-5-12-22-17-9-6-15(7-10-17)16-8-11-19(21-14-23)18(20)13-16/h8,11,13,15,17H,2-7,9-10,12H2,1H3. The first-order valence-corrected chi connectivity index (χ1v) is 9.14. The lowest BCUT2D eigenvalue weighted by atomic mass is 9.82. The molecule has 1 aliphatic rings.